The molecule has 1 aliphatic heterocycles. The second kappa shape index (κ2) is 8.03. The number of benzene rings is 1. The Hall–Kier alpha value is -2.49. The van der Waals surface area contributed by atoms with Gasteiger partial charge in [-0.25, -0.2) is 4.98 Å². The molecule has 2 aromatic heterocycles. The van der Waals surface area contributed by atoms with Gasteiger partial charge in [-0.3, -0.25) is 4.79 Å². The van der Waals surface area contributed by atoms with Crippen LogP contribution >= 0.6 is 22.9 Å². The van der Waals surface area contributed by atoms with Gasteiger partial charge in [0.2, 0.25) is 0 Å². The van der Waals surface area contributed by atoms with Crippen molar-refractivity contribution in [3.63, 3.8) is 0 Å². The van der Waals surface area contributed by atoms with Crippen molar-refractivity contribution in [1.29, 1.82) is 0 Å². The van der Waals surface area contributed by atoms with Crippen LogP contribution in [-0.4, -0.2) is 41.4 Å². The third-order valence-corrected chi connectivity index (χ3v) is 5.76. The number of para-hydroxylation sites is 2. The van der Waals surface area contributed by atoms with Gasteiger partial charge >= 0.3 is 0 Å². The number of aromatic nitrogens is 2. The molecule has 1 fully saturated rings. The van der Waals surface area contributed by atoms with Gasteiger partial charge in [0.25, 0.3) is 5.91 Å². The van der Waals surface area contributed by atoms with E-state index in [-0.39, 0.29) is 5.91 Å². The highest BCUT2D eigenvalue weighted by Crippen LogP contribution is 2.28. The summed E-state index contributed by atoms with van der Waals surface area (Å²) in [6.45, 7) is 5.68. The topological polar surface area (TPSA) is 82.2 Å². The highest BCUT2D eigenvalue weighted by molar-refractivity contribution is 7.15. The minimum absolute atomic E-state index is 0.206. The highest BCUT2D eigenvalue weighted by Gasteiger charge is 2.17. The van der Waals surface area contributed by atoms with Gasteiger partial charge in [-0.05, 0) is 36.7 Å². The molecule has 0 unspecified atom stereocenters. The van der Waals surface area contributed by atoms with Crippen LogP contribution < -0.4 is 20.9 Å². The summed E-state index contributed by atoms with van der Waals surface area (Å²) >= 11 is 2.78. The standard InChI is InChI=1S/C18H20N6OS2/c1-12-10-16(27-23-12)22-18-21-14(11-26-18)17(25)20-13-4-2-3-5-15(13)24-8-6-19-7-9-24/h2-5,10-11,19H,6-9H2,1H3,(H,20,25)(H,21,22). The first kappa shape index (κ1) is 17.9. The van der Waals surface area contributed by atoms with Crippen molar-refractivity contribution < 1.29 is 4.79 Å². The Morgan fingerprint density at radius 1 is 1.26 bits per heavy atom. The van der Waals surface area contributed by atoms with Gasteiger partial charge in [0.1, 0.15) is 10.7 Å². The zero-order valence-electron chi connectivity index (χ0n) is 14.9. The Morgan fingerprint density at radius 2 is 2.07 bits per heavy atom. The van der Waals surface area contributed by atoms with Gasteiger partial charge in [-0.15, -0.1) is 11.3 Å². The first-order chi connectivity index (χ1) is 13.2. The summed E-state index contributed by atoms with van der Waals surface area (Å²) in [5, 5.41) is 12.9. The number of thiazole rings is 1. The summed E-state index contributed by atoms with van der Waals surface area (Å²) in [7, 11) is 0. The fourth-order valence-electron chi connectivity index (χ4n) is 2.91. The van der Waals surface area contributed by atoms with Crippen LogP contribution in [0.15, 0.2) is 35.7 Å². The molecule has 3 aromatic rings. The van der Waals surface area contributed by atoms with E-state index in [0.29, 0.717) is 10.8 Å². The van der Waals surface area contributed by atoms with E-state index in [9.17, 15) is 4.79 Å². The smallest absolute Gasteiger partial charge is 0.275 e. The van der Waals surface area contributed by atoms with Gasteiger partial charge in [0.15, 0.2) is 5.13 Å². The average Bonchev–Trinajstić information content (AvgIpc) is 3.32. The fraction of sp³-hybridized carbons (Fsp3) is 0.278. The molecular weight excluding hydrogens is 380 g/mol. The summed E-state index contributed by atoms with van der Waals surface area (Å²) in [6.07, 6.45) is 0. The van der Waals surface area contributed by atoms with E-state index in [4.69, 9.17) is 0 Å². The predicted molar refractivity (Wildman–Crippen MR) is 112 cm³/mol. The summed E-state index contributed by atoms with van der Waals surface area (Å²) < 4.78 is 4.23. The maximum absolute atomic E-state index is 12.7. The van der Waals surface area contributed by atoms with Crippen molar-refractivity contribution in [1.82, 2.24) is 14.7 Å². The number of rotatable bonds is 5. The predicted octanol–water partition coefficient (Wildman–Crippen LogP) is 3.31. The van der Waals surface area contributed by atoms with Gasteiger partial charge < -0.3 is 20.9 Å². The van der Waals surface area contributed by atoms with Crippen molar-refractivity contribution in [2.75, 3.05) is 41.7 Å². The molecule has 4 rings (SSSR count). The Balaban J connectivity index is 1.46. The average molecular weight is 401 g/mol. The molecule has 0 bridgehead atoms. The maximum Gasteiger partial charge on any atom is 0.275 e. The molecule has 0 spiro atoms. The minimum Gasteiger partial charge on any atom is -0.367 e. The van der Waals surface area contributed by atoms with Crippen LogP contribution in [0.1, 0.15) is 16.2 Å². The lowest BCUT2D eigenvalue weighted by molar-refractivity contribution is 0.102. The molecule has 1 aliphatic rings. The van der Waals surface area contributed by atoms with Crippen LogP contribution in [-0.2, 0) is 0 Å². The van der Waals surface area contributed by atoms with Crippen LogP contribution in [0, 0.1) is 6.92 Å². The Kier molecular flexibility index (Phi) is 5.33. The monoisotopic (exact) mass is 400 g/mol. The molecule has 3 heterocycles. The van der Waals surface area contributed by atoms with Crippen LogP contribution in [0.4, 0.5) is 21.5 Å². The van der Waals surface area contributed by atoms with Crippen molar-refractivity contribution in [3.8, 4) is 0 Å². The van der Waals surface area contributed by atoms with Crippen LogP contribution in [0.25, 0.3) is 0 Å². The van der Waals surface area contributed by atoms with Gasteiger partial charge in [-0.2, -0.15) is 4.37 Å². The second-order valence-corrected chi connectivity index (χ2v) is 7.87. The number of nitrogens with one attached hydrogen (secondary N) is 3. The summed E-state index contributed by atoms with van der Waals surface area (Å²) in [6, 6.07) is 9.86. The summed E-state index contributed by atoms with van der Waals surface area (Å²) in [5.74, 6) is -0.206. The number of carbonyl (C=O) groups is 1. The maximum atomic E-state index is 12.7. The SMILES string of the molecule is Cc1cc(Nc2nc(C(=O)Nc3ccccc3N3CCNCC3)cs2)sn1. The molecule has 27 heavy (non-hydrogen) atoms. The van der Waals surface area contributed by atoms with Crippen LogP contribution in [0.5, 0.6) is 0 Å². The zero-order chi connectivity index (χ0) is 18.6. The van der Waals surface area contributed by atoms with Gasteiger partial charge in [0.05, 0.1) is 17.1 Å². The van der Waals surface area contributed by atoms with Gasteiger partial charge in [-0.1, -0.05) is 12.1 Å². The van der Waals surface area contributed by atoms with E-state index in [0.717, 1.165) is 48.2 Å². The first-order valence-electron chi connectivity index (χ1n) is 8.71. The number of anilines is 4. The Bertz CT molecular complexity index is 931. The highest BCUT2D eigenvalue weighted by atomic mass is 32.1. The molecule has 0 aliphatic carbocycles. The van der Waals surface area contributed by atoms with E-state index < -0.39 is 0 Å². The number of piperazine rings is 1. The fourth-order valence-corrected chi connectivity index (χ4v) is 4.34. The lowest BCUT2D eigenvalue weighted by Crippen LogP contribution is -2.43. The normalized spacial score (nSPS) is 14.2. The van der Waals surface area contributed by atoms with Crippen molar-refractivity contribution in [3.05, 3.63) is 47.1 Å². The molecule has 0 atom stereocenters. The van der Waals surface area contributed by atoms with Crippen LogP contribution in [0.3, 0.4) is 0 Å². The van der Waals surface area contributed by atoms with E-state index >= 15 is 0 Å². The van der Waals surface area contributed by atoms with Gasteiger partial charge in [0, 0.05) is 31.6 Å². The number of carbonyl (C=O) groups excluding carboxylic acids is 1. The molecule has 1 aromatic carbocycles. The van der Waals surface area contributed by atoms with E-state index in [2.05, 4.69) is 30.2 Å². The molecule has 9 heteroatoms. The lowest BCUT2D eigenvalue weighted by Gasteiger charge is -2.31. The van der Waals surface area contributed by atoms with E-state index in [1.165, 1.54) is 22.9 Å². The largest absolute Gasteiger partial charge is 0.367 e. The van der Waals surface area contributed by atoms with E-state index in [1.54, 1.807) is 5.38 Å². The minimum atomic E-state index is -0.206. The second-order valence-electron chi connectivity index (χ2n) is 6.20. The van der Waals surface area contributed by atoms with Crippen LogP contribution in [0.2, 0.25) is 0 Å². The van der Waals surface area contributed by atoms with E-state index in [1.807, 2.05) is 37.3 Å². The molecular formula is C18H20N6OS2. The number of hydrogen-bond acceptors (Lipinski definition) is 8. The molecule has 0 radical (unpaired) electrons. The van der Waals surface area contributed by atoms with Crippen molar-refractivity contribution >= 4 is 50.3 Å². The molecule has 7 nitrogen and oxygen atoms in total. The summed E-state index contributed by atoms with van der Waals surface area (Å²) in [4.78, 5) is 19.4. The lowest BCUT2D eigenvalue weighted by atomic mass is 10.2. The number of aryl methyl sites for hydroxylation is 1. The molecule has 1 amide bonds. The number of hydrogen-bond donors (Lipinski definition) is 3. The quantitative estimate of drug-likeness (QED) is 0.610. The first-order valence-corrected chi connectivity index (χ1v) is 10.4. The molecule has 0 saturated carbocycles. The summed E-state index contributed by atoms with van der Waals surface area (Å²) in [5.41, 5.74) is 3.21. The Morgan fingerprint density at radius 3 is 2.85 bits per heavy atom. The molecule has 3 N–H and O–H groups in total. The number of amides is 1. The molecule has 1 saturated heterocycles. The van der Waals surface area contributed by atoms with Crippen molar-refractivity contribution in [2.45, 2.75) is 6.92 Å². The Labute approximate surface area is 165 Å². The third kappa shape index (κ3) is 4.26. The van der Waals surface area contributed by atoms with Crippen molar-refractivity contribution in [2.24, 2.45) is 0 Å². The number of nitrogens with zero attached hydrogens (tertiary/aromatic N) is 3. The third-order valence-electron chi connectivity index (χ3n) is 4.20. The molecule has 140 valence electrons. The zero-order valence-corrected chi connectivity index (χ0v) is 16.5.